The summed E-state index contributed by atoms with van der Waals surface area (Å²) < 4.78 is 25.6. The second-order valence-corrected chi connectivity index (χ2v) is 7.13. The van der Waals surface area contributed by atoms with Crippen molar-refractivity contribution in [2.45, 2.75) is 17.5 Å². The molecule has 0 amide bonds. The highest BCUT2D eigenvalue weighted by molar-refractivity contribution is 7.98. The van der Waals surface area contributed by atoms with Gasteiger partial charge in [-0.2, -0.15) is 0 Å². The highest BCUT2D eigenvalue weighted by Gasteiger charge is 2.14. The molecule has 0 N–H and O–H groups in total. The molecule has 3 aromatic rings. The molecule has 0 fully saturated rings. The number of hydrogen-bond acceptors (Lipinski definition) is 5. The van der Waals surface area contributed by atoms with E-state index in [1.807, 2.05) is 0 Å². The molecule has 8 heteroatoms. The highest BCUT2D eigenvalue weighted by Crippen LogP contribution is 2.28. The van der Waals surface area contributed by atoms with Crippen LogP contribution in [0.5, 0.6) is 5.75 Å². The van der Waals surface area contributed by atoms with E-state index in [1.165, 1.54) is 31.0 Å². The summed E-state index contributed by atoms with van der Waals surface area (Å²) in [5, 5.41) is 1.51. The molecule has 5 nitrogen and oxygen atoms in total. The van der Waals surface area contributed by atoms with E-state index in [0.717, 1.165) is 0 Å². The van der Waals surface area contributed by atoms with E-state index in [0.29, 0.717) is 51.3 Å². The van der Waals surface area contributed by atoms with Crippen LogP contribution in [0, 0.1) is 5.82 Å². The van der Waals surface area contributed by atoms with Crippen LogP contribution >= 0.6 is 23.4 Å². The molecule has 3 rings (SSSR count). The summed E-state index contributed by atoms with van der Waals surface area (Å²) >= 11 is 7.37. The molecule has 27 heavy (non-hydrogen) atoms. The molecule has 0 aliphatic carbocycles. The van der Waals surface area contributed by atoms with E-state index in [9.17, 15) is 9.18 Å². The number of hydrogen-bond donors (Lipinski definition) is 0. The van der Waals surface area contributed by atoms with Crippen molar-refractivity contribution in [2.24, 2.45) is 0 Å². The van der Waals surface area contributed by atoms with Gasteiger partial charge in [-0.1, -0.05) is 23.4 Å². The lowest BCUT2D eigenvalue weighted by Gasteiger charge is -2.14. The minimum Gasteiger partial charge on any atom is -0.496 e. The Labute approximate surface area is 165 Å². The van der Waals surface area contributed by atoms with Crippen LogP contribution in [0.1, 0.15) is 5.56 Å². The van der Waals surface area contributed by atoms with Gasteiger partial charge in [0, 0.05) is 23.4 Å². The van der Waals surface area contributed by atoms with Gasteiger partial charge in [0.2, 0.25) is 0 Å². The predicted octanol–water partition coefficient (Wildman–Crippen LogP) is 4.14. The molecule has 0 atom stereocenters. The summed E-state index contributed by atoms with van der Waals surface area (Å²) in [7, 11) is 3.11. The Balaban J connectivity index is 2.01. The van der Waals surface area contributed by atoms with E-state index in [-0.39, 0.29) is 11.4 Å². The zero-order valence-electron chi connectivity index (χ0n) is 14.9. The quantitative estimate of drug-likeness (QED) is 0.434. The molecule has 142 valence electrons. The lowest BCUT2D eigenvalue weighted by atomic mass is 10.2. The molecule has 2 aromatic carbocycles. The molecule has 0 saturated heterocycles. The van der Waals surface area contributed by atoms with Crippen molar-refractivity contribution in [1.29, 1.82) is 0 Å². The standard InChI is InChI=1S/C19H18ClFN2O3S/c1-25-8-7-23-18(24)15-5-3-13(20)10-16(15)22-19(23)27-11-12-9-14(21)4-6-17(12)26-2/h3-6,9-10H,7-8,11H2,1-2H3. The first-order valence-electron chi connectivity index (χ1n) is 8.17. The lowest BCUT2D eigenvalue weighted by Crippen LogP contribution is -2.25. The second kappa shape index (κ2) is 8.73. The SMILES string of the molecule is COCCn1c(SCc2cc(F)ccc2OC)nc2cc(Cl)ccc2c1=O. The fraction of sp³-hybridized carbons (Fsp3) is 0.263. The average molecular weight is 409 g/mol. The summed E-state index contributed by atoms with van der Waals surface area (Å²) in [4.78, 5) is 17.5. The molecule has 0 spiro atoms. The molecule has 0 aliphatic heterocycles. The van der Waals surface area contributed by atoms with Crippen molar-refractivity contribution < 1.29 is 13.9 Å². The summed E-state index contributed by atoms with van der Waals surface area (Å²) in [6.07, 6.45) is 0. The number of rotatable bonds is 7. The topological polar surface area (TPSA) is 53.4 Å². The Kier molecular flexibility index (Phi) is 6.36. The van der Waals surface area contributed by atoms with Crippen molar-refractivity contribution in [1.82, 2.24) is 9.55 Å². The van der Waals surface area contributed by atoms with Gasteiger partial charge in [-0.15, -0.1) is 0 Å². The number of methoxy groups -OCH3 is 2. The fourth-order valence-electron chi connectivity index (χ4n) is 2.67. The summed E-state index contributed by atoms with van der Waals surface area (Å²) in [6.45, 7) is 0.737. The Morgan fingerprint density at radius 2 is 2.04 bits per heavy atom. The van der Waals surface area contributed by atoms with Gasteiger partial charge in [-0.3, -0.25) is 9.36 Å². The number of benzene rings is 2. The number of halogens is 2. The molecular weight excluding hydrogens is 391 g/mol. The van der Waals surface area contributed by atoms with Crippen LogP contribution in [0.3, 0.4) is 0 Å². The second-order valence-electron chi connectivity index (χ2n) is 5.75. The average Bonchev–Trinajstić information content (AvgIpc) is 2.65. The third-order valence-corrected chi connectivity index (χ3v) is 5.26. The van der Waals surface area contributed by atoms with E-state index >= 15 is 0 Å². The van der Waals surface area contributed by atoms with Crippen molar-refractivity contribution in [3.8, 4) is 5.75 Å². The zero-order valence-corrected chi connectivity index (χ0v) is 16.4. The van der Waals surface area contributed by atoms with Crippen molar-refractivity contribution >= 4 is 34.3 Å². The number of thioether (sulfide) groups is 1. The van der Waals surface area contributed by atoms with E-state index < -0.39 is 0 Å². The maximum Gasteiger partial charge on any atom is 0.262 e. The van der Waals surface area contributed by atoms with E-state index in [2.05, 4.69) is 4.98 Å². The van der Waals surface area contributed by atoms with Gasteiger partial charge in [-0.25, -0.2) is 9.37 Å². The first-order valence-corrected chi connectivity index (χ1v) is 9.54. The first-order chi connectivity index (χ1) is 13.0. The van der Waals surface area contributed by atoms with Crippen LogP contribution in [0.15, 0.2) is 46.3 Å². The maximum absolute atomic E-state index is 13.6. The van der Waals surface area contributed by atoms with Crippen LogP contribution in [0.4, 0.5) is 4.39 Å². The number of fused-ring (bicyclic) bond motifs is 1. The van der Waals surface area contributed by atoms with E-state index in [1.54, 1.807) is 35.9 Å². The monoisotopic (exact) mass is 408 g/mol. The largest absolute Gasteiger partial charge is 0.496 e. The van der Waals surface area contributed by atoms with Gasteiger partial charge in [0.05, 0.1) is 31.2 Å². The van der Waals surface area contributed by atoms with E-state index in [4.69, 9.17) is 21.1 Å². The molecule has 0 bridgehead atoms. The van der Waals surface area contributed by atoms with Crippen LogP contribution in [-0.4, -0.2) is 30.4 Å². The molecule has 0 radical (unpaired) electrons. The molecule has 1 aromatic heterocycles. The van der Waals surface area contributed by atoms with Gasteiger partial charge in [0.25, 0.3) is 5.56 Å². The van der Waals surface area contributed by atoms with Crippen LogP contribution in [0.25, 0.3) is 10.9 Å². The molecular formula is C19H18ClFN2O3S. The first kappa shape index (κ1) is 19.7. The Morgan fingerprint density at radius 3 is 2.78 bits per heavy atom. The van der Waals surface area contributed by atoms with Crippen LogP contribution in [0.2, 0.25) is 5.02 Å². The van der Waals surface area contributed by atoms with Gasteiger partial charge in [0.15, 0.2) is 5.16 Å². The third-order valence-electron chi connectivity index (χ3n) is 4.00. The lowest BCUT2D eigenvalue weighted by molar-refractivity contribution is 0.183. The number of ether oxygens (including phenoxy) is 2. The van der Waals surface area contributed by atoms with Crippen molar-refractivity contribution in [2.75, 3.05) is 20.8 Å². The summed E-state index contributed by atoms with van der Waals surface area (Å²) in [5.41, 5.74) is 1.04. The Morgan fingerprint density at radius 1 is 1.22 bits per heavy atom. The summed E-state index contributed by atoms with van der Waals surface area (Å²) in [5.74, 6) is 0.631. The van der Waals surface area contributed by atoms with Gasteiger partial charge >= 0.3 is 0 Å². The Bertz CT molecular complexity index is 1030. The predicted molar refractivity (Wildman–Crippen MR) is 105 cm³/mol. The zero-order chi connectivity index (χ0) is 19.4. The molecule has 1 heterocycles. The molecule has 0 saturated carbocycles. The minimum absolute atomic E-state index is 0.164. The normalized spacial score (nSPS) is 11.1. The van der Waals surface area contributed by atoms with Crippen LogP contribution < -0.4 is 10.3 Å². The van der Waals surface area contributed by atoms with Gasteiger partial charge in [0.1, 0.15) is 11.6 Å². The van der Waals surface area contributed by atoms with Crippen molar-refractivity contribution in [3.63, 3.8) is 0 Å². The molecule has 0 aliphatic rings. The van der Waals surface area contributed by atoms with Crippen LogP contribution in [-0.2, 0) is 17.0 Å². The smallest absolute Gasteiger partial charge is 0.262 e. The molecule has 0 unspecified atom stereocenters. The Hall–Kier alpha value is -2.09. The number of aromatic nitrogens is 2. The van der Waals surface area contributed by atoms with Gasteiger partial charge in [-0.05, 0) is 36.4 Å². The minimum atomic E-state index is -0.346. The van der Waals surface area contributed by atoms with Crippen molar-refractivity contribution in [3.05, 3.63) is 63.2 Å². The maximum atomic E-state index is 13.6. The number of nitrogens with zero attached hydrogens (tertiary/aromatic N) is 2. The highest BCUT2D eigenvalue weighted by atomic mass is 35.5. The fourth-order valence-corrected chi connectivity index (χ4v) is 3.84. The van der Waals surface area contributed by atoms with Gasteiger partial charge < -0.3 is 9.47 Å². The third kappa shape index (κ3) is 4.43. The summed E-state index contributed by atoms with van der Waals surface area (Å²) in [6, 6.07) is 9.33.